The van der Waals surface area contributed by atoms with E-state index >= 15 is 0 Å². The van der Waals surface area contributed by atoms with Gasteiger partial charge in [-0.25, -0.2) is 9.59 Å². The molecule has 106 valence electrons. The van der Waals surface area contributed by atoms with Crippen molar-refractivity contribution in [3.05, 3.63) is 0 Å². The summed E-state index contributed by atoms with van der Waals surface area (Å²) in [5.41, 5.74) is 0. The number of nitrogens with one attached hydrogen (secondary N) is 2. The number of carbonyl (C=O) groups excluding carboxylic acids is 3. The Kier molecular flexibility index (Phi) is 4.85. The molecule has 0 radical (unpaired) electrons. The molecule has 1 atom stereocenters. The third-order valence-corrected chi connectivity index (χ3v) is 2.54. The van der Waals surface area contributed by atoms with Crippen molar-refractivity contribution in [1.29, 1.82) is 0 Å². The largest absolute Gasteiger partial charge is 0.480 e. The van der Waals surface area contributed by atoms with E-state index in [2.05, 4.69) is 10.6 Å². The van der Waals surface area contributed by atoms with Crippen LogP contribution in [0.4, 0.5) is 4.79 Å². The number of piperazine rings is 1. The third kappa shape index (κ3) is 4.57. The van der Waals surface area contributed by atoms with E-state index in [1.54, 1.807) is 0 Å². The molecule has 1 unspecified atom stereocenters. The first kappa shape index (κ1) is 14.9. The van der Waals surface area contributed by atoms with E-state index in [1.807, 2.05) is 13.8 Å². The molecule has 0 aliphatic carbocycles. The maximum Gasteiger partial charge on any atom is 0.326 e. The molecule has 0 saturated carbocycles. The highest BCUT2D eigenvalue weighted by atomic mass is 16.4. The molecule has 1 rings (SSSR count). The number of imide groups is 1. The zero-order valence-electron chi connectivity index (χ0n) is 10.8. The summed E-state index contributed by atoms with van der Waals surface area (Å²) in [6.07, 6.45) is 0.273. The Labute approximate surface area is 110 Å². The number of amides is 4. The van der Waals surface area contributed by atoms with Gasteiger partial charge in [-0.1, -0.05) is 13.8 Å². The number of aliphatic carboxylic acids is 1. The Morgan fingerprint density at radius 1 is 1.32 bits per heavy atom. The van der Waals surface area contributed by atoms with E-state index in [9.17, 15) is 19.2 Å². The average Bonchev–Trinajstić information content (AvgIpc) is 2.25. The lowest BCUT2D eigenvalue weighted by atomic mass is 10.0. The van der Waals surface area contributed by atoms with E-state index in [0.717, 1.165) is 4.90 Å². The predicted octanol–water partition coefficient (Wildman–Crippen LogP) is -0.846. The summed E-state index contributed by atoms with van der Waals surface area (Å²) in [5.74, 6) is -2.22. The van der Waals surface area contributed by atoms with Crippen LogP contribution in [0.2, 0.25) is 0 Å². The van der Waals surface area contributed by atoms with Gasteiger partial charge in [-0.3, -0.25) is 14.9 Å². The van der Waals surface area contributed by atoms with E-state index < -0.39 is 29.9 Å². The molecule has 0 aromatic rings. The normalized spacial score (nSPS) is 17.1. The molecular weight excluding hydrogens is 254 g/mol. The molecule has 19 heavy (non-hydrogen) atoms. The fraction of sp³-hybridized carbons (Fsp3) is 0.636. The average molecular weight is 271 g/mol. The van der Waals surface area contributed by atoms with Crippen molar-refractivity contribution >= 4 is 23.8 Å². The summed E-state index contributed by atoms with van der Waals surface area (Å²) < 4.78 is 0. The van der Waals surface area contributed by atoms with Crippen LogP contribution >= 0.6 is 0 Å². The quantitative estimate of drug-likeness (QED) is 0.576. The smallest absolute Gasteiger partial charge is 0.326 e. The molecule has 0 bridgehead atoms. The summed E-state index contributed by atoms with van der Waals surface area (Å²) in [7, 11) is 0. The summed E-state index contributed by atoms with van der Waals surface area (Å²) in [4.78, 5) is 46.0. The Morgan fingerprint density at radius 2 is 1.84 bits per heavy atom. The van der Waals surface area contributed by atoms with Crippen LogP contribution in [0.5, 0.6) is 0 Å². The van der Waals surface area contributed by atoms with E-state index in [0.29, 0.717) is 0 Å². The molecule has 4 amide bonds. The molecule has 0 aromatic carbocycles. The lowest BCUT2D eigenvalue weighted by molar-refractivity contribution is -0.139. The van der Waals surface area contributed by atoms with E-state index in [4.69, 9.17) is 5.11 Å². The van der Waals surface area contributed by atoms with E-state index in [1.165, 1.54) is 0 Å². The van der Waals surface area contributed by atoms with Gasteiger partial charge in [-0.2, -0.15) is 0 Å². The van der Waals surface area contributed by atoms with Crippen LogP contribution in [0, 0.1) is 5.92 Å². The van der Waals surface area contributed by atoms with Gasteiger partial charge in [-0.15, -0.1) is 0 Å². The highest BCUT2D eigenvalue weighted by molar-refractivity contribution is 6.02. The molecule has 3 N–H and O–H groups in total. The van der Waals surface area contributed by atoms with Gasteiger partial charge in [0.2, 0.25) is 11.8 Å². The second-order valence-corrected chi connectivity index (χ2v) is 4.80. The van der Waals surface area contributed by atoms with Gasteiger partial charge in [0, 0.05) is 0 Å². The van der Waals surface area contributed by atoms with Crippen molar-refractivity contribution < 1.29 is 24.3 Å². The first-order chi connectivity index (χ1) is 8.79. The topological polar surface area (TPSA) is 116 Å². The third-order valence-electron chi connectivity index (χ3n) is 2.54. The van der Waals surface area contributed by atoms with Crippen molar-refractivity contribution in [2.24, 2.45) is 5.92 Å². The molecular formula is C11H17N3O5. The number of rotatable bonds is 4. The van der Waals surface area contributed by atoms with Crippen molar-refractivity contribution in [3.8, 4) is 0 Å². The Morgan fingerprint density at radius 3 is 2.26 bits per heavy atom. The summed E-state index contributed by atoms with van der Waals surface area (Å²) in [6.45, 7) is 3.15. The molecule has 1 heterocycles. The van der Waals surface area contributed by atoms with Crippen LogP contribution in [0.3, 0.4) is 0 Å². The highest BCUT2D eigenvalue weighted by Gasteiger charge is 2.29. The van der Waals surface area contributed by atoms with Crippen LogP contribution < -0.4 is 10.6 Å². The van der Waals surface area contributed by atoms with Crippen molar-refractivity contribution in [2.45, 2.75) is 26.3 Å². The zero-order valence-corrected chi connectivity index (χ0v) is 10.8. The SMILES string of the molecule is CC(C)CC(NC(=O)N1CC(=O)NC(=O)C1)C(=O)O. The minimum absolute atomic E-state index is 0.0905. The number of carbonyl (C=O) groups is 4. The minimum atomic E-state index is -1.14. The fourth-order valence-corrected chi connectivity index (χ4v) is 1.71. The number of hydrogen-bond donors (Lipinski definition) is 3. The van der Waals surface area contributed by atoms with Crippen LogP contribution in [-0.4, -0.2) is 53.0 Å². The predicted molar refractivity (Wildman–Crippen MR) is 64.1 cm³/mol. The van der Waals surface area contributed by atoms with Gasteiger partial charge in [0.1, 0.15) is 19.1 Å². The summed E-state index contributed by atoms with van der Waals surface area (Å²) >= 11 is 0. The molecule has 8 nitrogen and oxygen atoms in total. The first-order valence-electron chi connectivity index (χ1n) is 5.90. The Balaban J connectivity index is 2.63. The number of carboxylic acid groups (broad SMARTS) is 1. The maximum atomic E-state index is 11.8. The van der Waals surface area contributed by atoms with Crippen molar-refractivity contribution in [2.75, 3.05) is 13.1 Å². The number of nitrogens with zero attached hydrogens (tertiary/aromatic N) is 1. The zero-order chi connectivity index (χ0) is 14.6. The summed E-state index contributed by atoms with van der Waals surface area (Å²) in [5, 5.41) is 13.4. The standard InChI is InChI=1S/C11H17N3O5/c1-6(2)3-7(10(17)18)12-11(19)14-4-8(15)13-9(16)5-14/h6-7H,3-5H2,1-2H3,(H,12,19)(H,17,18)(H,13,15,16). The molecule has 1 saturated heterocycles. The maximum absolute atomic E-state index is 11.8. The monoisotopic (exact) mass is 271 g/mol. The molecule has 1 fully saturated rings. The number of carboxylic acids is 1. The lowest BCUT2D eigenvalue weighted by Crippen LogP contribution is -2.57. The summed E-state index contributed by atoms with van der Waals surface area (Å²) in [6, 6.07) is -1.76. The molecule has 8 heteroatoms. The van der Waals surface area contributed by atoms with Crippen LogP contribution in [-0.2, 0) is 14.4 Å². The van der Waals surface area contributed by atoms with E-state index in [-0.39, 0.29) is 25.4 Å². The number of urea groups is 1. The lowest BCUT2D eigenvalue weighted by Gasteiger charge is -2.27. The van der Waals surface area contributed by atoms with Gasteiger partial charge in [0.15, 0.2) is 0 Å². The fourth-order valence-electron chi connectivity index (χ4n) is 1.71. The van der Waals surface area contributed by atoms with Crippen molar-refractivity contribution in [1.82, 2.24) is 15.5 Å². The van der Waals surface area contributed by atoms with Crippen LogP contribution in [0.15, 0.2) is 0 Å². The molecule has 0 spiro atoms. The van der Waals surface area contributed by atoms with Gasteiger partial charge < -0.3 is 15.3 Å². The Bertz CT molecular complexity index is 391. The van der Waals surface area contributed by atoms with Gasteiger partial charge in [0.05, 0.1) is 0 Å². The number of hydrogen-bond acceptors (Lipinski definition) is 4. The highest BCUT2D eigenvalue weighted by Crippen LogP contribution is 2.06. The molecule has 1 aliphatic heterocycles. The van der Waals surface area contributed by atoms with Crippen molar-refractivity contribution in [3.63, 3.8) is 0 Å². The first-order valence-corrected chi connectivity index (χ1v) is 5.90. The molecule has 0 aromatic heterocycles. The van der Waals surface area contributed by atoms with Gasteiger partial charge in [0.25, 0.3) is 0 Å². The Hall–Kier alpha value is -2.12. The van der Waals surface area contributed by atoms with Gasteiger partial charge >= 0.3 is 12.0 Å². The van der Waals surface area contributed by atoms with Crippen LogP contribution in [0.1, 0.15) is 20.3 Å². The molecule has 1 aliphatic rings. The second-order valence-electron chi connectivity index (χ2n) is 4.80. The minimum Gasteiger partial charge on any atom is -0.480 e. The van der Waals surface area contributed by atoms with Gasteiger partial charge in [-0.05, 0) is 12.3 Å². The second kappa shape index (κ2) is 6.17. The van der Waals surface area contributed by atoms with Crippen LogP contribution in [0.25, 0.3) is 0 Å².